The molecule has 0 aliphatic rings. The van der Waals surface area contributed by atoms with Crippen LogP contribution in [0.2, 0.25) is 0 Å². The first-order valence-corrected chi connectivity index (χ1v) is 6.61. The van der Waals surface area contributed by atoms with Gasteiger partial charge in [-0.05, 0) is 30.3 Å². The fourth-order valence-electron chi connectivity index (χ4n) is 1.73. The lowest BCUT2D eigenvalue weighted by Gasteiger charge is -2.09. The van der Waals surface area contributed by atoms with E-state index in [4.69, 9.17) is 9.15 Å². The van der Waals surface area contributed by atoms with Gasteiger partial charge in [0.2, 0.25) is 5.78 Å². The number of hydrogen-bond donors (Lipinski definition) is 0. The molecule has 21 heavy (non-hydrogen) atoms. The maximum absolute atomic E-state index is 12.7. The summed E-state index contributed by atoms with van der Waals surface area (Å²) in [7, 11) is 1.47. The average molecular weight is 363 g/mol. The molecule has 0 radical (unpaired) electrons. The first kappa shape index (κ1) is 15.8. The first-order valence-electron chi connectivity index (χ1n) is 5.82. The molecule has 0 aliphatic carbocycles. The molecular formula is C14H10BrF3O3. The van der Waals surface area contributed by atoms with E-state index in [0.717, 1.165) is 12.1 Å². The van der Waals surface area contributed by atoms with Crippen molar-refractivity contribution in [2.75, 3.05) is 7.11 Å². The van der Waals surface area contributed by atoms with Crippen LogP contribution >= 0.6 is 15.9 Å². The maximum Gasteiger partial charge on any atom is 0.416 e. The fourth-order valence-corrected chi connectivity index (χ4v) is 2.15. The van der Waals surface area contributed by atoms with Crippen molar-refractivity contribution in [3.8, 4) is 0 Å². The number of benzene rings is 1. The highest BCUT2D eigenvalue weighted by atomic mass is 79.9. The summed E-state index contributed by atoms with van der Waals surface area (Å²) in [6, 6.07) is 5.83. The Kier molecular flexibility index (Phi) is 4.53. The number of furan rings is 1. The van der Waals surface area contributed by atoms with Crippen molar-refractivity contribution in [3.05, 3.63) is 57.5 Å². The van der Waals surface area contributed by atoms with Crippen LogP contribution in [0.25, 0.3) is 0 Å². The molecular weight excluding hydrogens is 353 g/mol. The minimum atomic E-state index is -4.51. The highest BCUT2D eigenvalue weighted by molar-refractivity contribution is 9.10. The lowest BCUT2D eigenvalue weighted by atomic mass is 10.1. The summed E-state index contributed by atoms with van der Waals surface area (Å²) in [5.74, 6) is -0.249. The second-order valence-corrected chi connectivity index (χ2v) is 5.07. The van der Waals surface area contributed by atoms with Crippen molar-refractivity contribution in [3.63, 3.8) is 0 Å². The SMILES string of the molecule is COCc1ccc(C(=O)c2cc(C(F)(F)F)ccc2Br)o1. The molecule has 112 valence electrons. The van der Waals surface area contributed by atoms with Gasteiger partial charge in [-0.2, -0.15) is 13.2 Å². The summed E-state index contributed by atoms with van der Waals surface area (Å²) in [5, 5.41) is 0. The Morgan fingerprint density at radius 2 is 2.00 bits per heavy atom. The summed E-state index contributed by atoms with van der Waals surface area (Å²) in [6.45, 7) is 0.178. The second kappa shape index (κ2) is 6.03. The van der Waals surface area contributed by atoms with E-state index in [2.05, 4.69) is 15.9 Å². The largest absolute Gasteiger partial charge is 0.455 e. The third-order valence-corrected chi connectivity index (χ3v) is 3.40. The standard InChI is InChI=1S/C14H10BrF3O3/c1-20-7-9-3-5-12(21-9)13(19)10-6-8(14(16,17)18)2-4-11(10)15/h2-6H,7H2,1H3. The van der Waals surface area contributed by atoms with E-state index in [1.54, 1.807) is 0 Å². The Balaban J connectivity index is 2.37. The van der Waals surface area contributed by atoms with Gasteiger partial charge in [0.15, 0.2) is 5.76 Å². The third-order valence-electron chi connectivity index (χ3n) is 2.71. The molecule has 7 heteroatoms. The van der Waals surface area contributed by atoms with Crippen LogP contribution in [0.5, 0.6) is 0 Å². The van der Waals surface area contributed by atoms with Gasteiger partial charge in [0.05, 0.1) is 5.56 Å². The van der Waals surface area contributed by atoms with Crippen LogP contribution < -0.4 is 0 Å². The number of rotatable bonds is 4. The van der Waals surface area contributed by atoms with Gasteiger partial charge in [0.1, 0.15) is 12.4 Å². The number of hydrogen-bond acceptors (Lipinski definition) is 3. The Morgan fingerprint density at radius 3 is 2.62 bits per heavy atom. The molecule has 0 bridgehead atoms. The summed E-state index contributed by atoms with van der Waals surface area (Å²) >= 11 is 3.08. The molecule has 0 saturated heterocycles. The van der Waals surface area contributed by atoms with Crippen LogP contribution in [0.3, 0.4) is 0 Å². The molecule has 0 unspecified atom stereocenters. The minimum Gasteiger partial charge on any atom is -0.455 e. The molecule has 3 nitrogen and oxygen atoms in total. The predicted octanol–water partition coefficient (Wildman–Crippen LogP) is 4.44. The number of alkyl halides is 3. The van der Waals surface area contributed by atoms with Crippen LogP contribution in [-0.2, 0) is 17.5 Å². The lowest BCUT2D eigenvalue weighted by molar-refractivity contribution is -0.137. The zero-order valence-electron chi connectivity index (χ0n) is 10.8. The van der Waals surface area contributed by atoms with E-state index in [1.807, 2.05) is 0 Å². The van der Waals surface area contributed by atoms with Crippen LogP contribution in [0.15, 0.2) is 39.2 Å². The molecule has 0 N–H and O–H groups in total. The van der Waals surface area contributed by atoms with Crippen LogP contribution in [0.1, 0.15) is 27.4 Å². The van der Waals surface area contributed by atoms with E-state index in [9.17, 15) is 18.0 Å². The summed E-state index contributed by atoms with van der Waals surface area (Å²) in [6.07, 6.45) is -4.51. The van der Waals surface area contributed by atoms with Crippen molar-refractivity contribution in [2.45, 2.75) is 12.8 Å². The van der Waals surface area contributed by atoms with Crippen LogP contribution in [0, 0.1) is 0 Å². The van der Waals surface area contributed by atoms with E-state index >= 15 is 0 Å². The number of carbonyl (C=O) groups is 1. The van der Waals surface area contributed by atoms with Crippen molar-refractivity contribution in [2.24, 2.45) is 0 Å². The van der Waals surface area contributed by atoms with Gasteiger partial charge in [0.25, 0.3) is 0 Å². The third kappa shape index (κ3) is 3.54. The zero-order valence-corrected chi connectivity index (χ0v) is 12.4. The van der Waals surface area contributed by atoms with Crippen molar-refractivity contribution < 1.29 is 27.1 Å². The molecule has 1 aromatic carbocycles. The average Bonchev–Trinajstić information content (AvgIpc) is 2.86. The smallest absolute Gasteiger partial charge is 0.416 e. The van der Waals surface area contributed by atoms with E-state index in [0.29, 0.717) is 5.76 Å². The molecule has 0 saturated carbocycles. The topological polar surface area (TPSA) is 39.4 Å². The Labute approximate surface area is 126 Å². The molecule has 0 aliphatic heterocycles. The summed E-state index contributed by atoms with van der Waals surface area (Å²) < 4.78 is 48.5. The second-order valence-electron chi connectivity index (χ2n) is 4.22. The van der Waals surface area contributed by atoms with Crippen molar-refractivity contribution in [1.82, 2.24) is 0 Å². The maximum atomic E-state index is 12.7. The number of carbonyl (C=O) groups excluding carboxylic acids is 1. The van der Waals surface area contributed by atoms with Gasteiger partial charge in [-0.15, -0.1) is 0 Å². The van der Waals surface area contributed by atoms with Gasteiger partial charge >= 0.3 is 6.18 Å². The lowest BCUT2D eigenvalue weighted by Crippen LogP contribution is -2.08. The molecule has 1 aromatic heterocycles. The molecule has 0 spiro atoms. The normalized spacial score (nSPS) is 11.7. The fraction of sp³-hybridized carbons (Fsp3) is 0.214. The minimum absolute atomic E-state index is 0.0397. The molecule has 0 atom stereocenters. The molecule has 0 amide bonds. The monoisotopic (exact) mass is 362 g/mol. The van der Waals surface area contributed by atoms with Crippen LogP contribution in [0.4, 0.5) is 13.2 Å². The van der Waals surface area contributed by atoms with Gasteiger partial charge < -0.3 is 9.15 Å². The first-order chi connectivity index (χ1) is 9.82. The zero-order chi connectivity index (χ0) is 15.6. The van der Waals surface area contributed by atoms with E-state index < -0.39 is 17.5 Å². The summed E-state index contributed by atoms with van der Waals surface area (Å²) in [4.78, 5) is 12.2. The van der Waals surface area contributed by atoms with Crippen molar-refractivity contribution >= 4 is 21.7 Å². The van der Waals surface area contributed by atoms with Gasteiger partial charge in [-0.1, -0.05) is 15.9 Å². The van der Waals surface area contributed by atoms with Crippen LogP contribution in [-0.4, -0.2) is 12.9 Å². The Hall–Kier alpha value is -1.60. The number of ketones is 1. The molecule has 0 fully saturated rings. The van der Waals surface area contributed by atoms with Crippen molar-refractivity contribution in [1.29, 1.82) is 0 Å². The Morgan fingerprint density at radius 1 is 1.29 bits per heavy atom. The predicted molar refractivity (Wildman–Crippen MR) is 72.0 cm³/mol. The van der Waals surface area contributed by atoms with Gasteiger partial charge in [-0.25, -0.2) is 0 Å². The molecule has 2 aromatic rings. The van der Waals surface area contributed by atoms with Gasteiger partial charge in [-0.3, -0.25) is 4.79 Å². The van der Waals surface area contributed by atoms with E-state index in [1.165, 1.54) is 25.3 Å². The number of methoxy groups -OCH3 is 1. The van der Waals surface area contributed by atoms with E-state index in [-0.39, 0.29) is 22.4 Å². The highest BCUT2D eigenvalue weighted by Gasteiger charge is 2.32. The Bertz CT molecular complexity index is 662. The number of halogens is 4. The molecule has 1 heterocycles. The molecule has 2 rings (SSSR count). The highest BCUT2D eigenvalue weighted by Crippen LogP contribution is 2.32. The summed E-state index contributed by atoms with van der Waals surface area (Å²) in [5.41, 5.74) is -0.999. The quantitative estimate of drug-likeness (QED) is 0.754. The van der Waals surface area contributed by atoms with Gasteiger partial charge in [0, 0.05) is 17.1 Å². The number of ether oxygens (including phenoxy) is 1.